The molecule has 0 radical (unpaired) electrons. The zero-order valence-corrected chi connectivity index (χ0v) is 14.6. The van der Waals surface area contributed by atoms with Gasteiger partial charge in [0, 0.05) is 26.8 Å². The highest BCUT2D eigenvalue weighted by Gasteiger charge is 2.08. The third kappa shape index (κ3) is 6.04. The Kier molecular flexibility index (Phi) is 7.65. The molecule has 0 atom stereocenters. The van der Waals surface area contributed by atoms with Crippen molar-refractivity contribution in [2.75, 3.05) is 39.2 Å². The van der Waals surface area contributed by atoms with Gasteiger partial charge in [0.15, 0.2) is 5.69 Å². The lowest BCUT2D eigenvalue weighted by molar-refractivity contribution is 0.0948. The molecule has 0 aliphatic carbocycles. The molecule has 1 heterocycles. The van der Waals surface area contributed by atoms with Crippen LogP contribution >= 0.6 is 0 Å². The molecular weight excluding hydrogens is 320 g/mol. The highest BCUT2D eigenvalue weighted by molar-refractivity contribution is 5.92. The minimum Gasteiger partial charge on any atom is -0.496 e. The van der Waals surface area contributed by atoms with E-state index in [0.29, 0.717) is 31.1 Å². The first-order chi connectivity index (χ1) is 12.2. The van der Waals surface area contributed by atoms with Crippen LogP contribution in [0.1, 0.15) is 22.5 Å². The van der Waals surface area contributed by atoms with Gasteiger partial charge in [-0.05, 0) is 36.6 Å². The van der Waals surface area contributed by atoms with Crippen molar-refractivity contribution in [2.45, 2.75) is 12.8 Å². The van der Waals surface area contributed by atoms with Crippen molar-refractivity contribution >= 4 is 11.7 Å². The van der Waals surface area contributed by atoms with Crippen molar-refractivity contribution in [1.29, 1.82) is 0 Å². The van der Waals surface area contributed by atoms with Gasteiger partial charge in [-0.15, -0.1) is 10.2 Å². The van der Waals surface area contributed by atoms with Crippen molar-refractivity contribution in [3.63, 3.8) is 0 Å². The van der Waals surface area contributed by atoms with E-state index in [1.807, 2.05) is 24.3 Å². The molecule has 7 nitrogen and oxygen atoms in total. The summed E-state index contributed by atoms with van der Waals surface area (Å²) in [6, 6.07) is 11.2. The van der Waals surface area contributed by atoms with Crippen LogP contribution in [0, 0.1) is 0 Å². The van der Waals surface area contributed by atoms with Gasteiger partial charge < -0.3 is 20.1 Å². The molecule has 0 bridgehead atoms. The predicted molar refractivity (Wildman–Crippen MR) is 96.0 cm³/mol. The highest BCUT2D eigenvalue weighted by Crippen LogP contribution is 2.17. The van der Waals surface area contributed by atoms with E-state index in [1.165, 1.54) is 0 Å². The second-order valence-corrected chi connectivity index (χ2v) is 5.39. The summed E-state index contributed by atoms with van der Waals surface area (Å²) in [4.78, 5) is 12.1. The Morgan fingerprint density at radius 3 is 2.64 bits per heavy atom. The summed E-state index contributed by atoms with van der Waals surface area (Å²) in [5.41, 5.74) is 1.34. The number of nitrogens with zero attached hydrogens (tertiary/aromatic N) is 2. The van der Waals surface area contributed by atoms with Crippen LogP contribution in [0.25, 0.3) is 0 Å². The van der Waals surface area contributed by atoms with Crippen LogP contribution in [0.2, 0.25) is 0 Å². The first kappa shape index (κ1) is 18.7. The van der Waals surface area contributed by atoms with E-state index in [-0.39, 0.29) is 5.91 Å². The molecule has 0 unspecified atom stereocenters. The average molecular weight is 344 g/mol. The van der Waals surface area contributed by atoms with E-state index in [9.17, 15) is 4.79 Å². The van der Waals surface area contributed by atoms with Gasteiger partial charge in [0.1, 0.15) is 11.6 Å². The summed E-state index contributed by atoms with van der Waals surface area (Å²) in [6.07, 6.45) is 1.56. The molecule has 0 spiro atoms. The first-order valence-electron chi connectivity index (χ1n) is 8.21. The molecule has 0 saturated heterocycles. The zero-order valence-electron chi connectivity index (χ0n) is 14.6. The molecule has 1 aromatic carbocycles. The van der Waals surface area contributed by atoms with Gasteiger partial charge in [-0.1, -0.05) is 18.2 Å². The number of carbonyl (C=O) groups excluding carboxylic acids is 1. The largest absolute Gasteiger partial charge is 0.496 e. The van der Waals surface area contributed by atoms with Gasteiger partial charge in [0.2, 0.25) is 0 Å². The minimum absolute atomic E-state index is 0.242. The van der Waals surface area contributed by atoms with Crippen molar-refractivity contribution < 1.29 is 14.3 Å². The second kappa shape index (κ2) is 10.2. The molecule has 2 N–H and O–H groups in total. The molecule has 0 saturated carbocycles. The fourth-order valence-electron chi connectivity index (χ4n) is 2.29. The van der Waals surface area contributed by atoms with Crippen molar-refractivity contribution in [3.05, 3.63) is 47.7 Å². The topological polar surface area (TPSA) is 85.4 Å². The van der Waals surface area contributed by atoms with Crippen LogP contribution < -0.4 is 15.4 Å². The molecule has 1 amide bonds. The van der Waals surface area contributed by atoms with Gasteiger partial charge in [-0.25, -0.2) is 0 Å². The Bertz CT molecular complexity index is 662. The van der Waals surface area contributed by atoms with E-state index in [4.69, 9.17) is 9.47 Å². The summed E-state index contributed by atoms with van der Waals surface area (Å²) in [5.74, 6) is 1.22. The molecule has 0 aliphatic rings. The summed E-state index contributed by atoms with van der Waals surface area (Å²) in [7, 11) is 3.30. The monoisotopic (exact) mass is 344 g/mol. The molecule has 134 valence electrons. The maximum absolute atomic E-state index is 12.1. The lowest BCUT2D eigenvalue weighted by Gasteiger charge is -2.09. The highest BCUT2D eigenvalue weighted by atomic mass is 16.5. The van der Waals surface area contributed by atoms with E-state index < -0.39 is 0 Å². The summed E-state index contributed by atoms with van der Waals surface area (Å²) in [5, 5.41) is 13.9. The van der Waals surface area contributed by atoms with Crippen LogP contribution in [0.15, 0.2) is 36.4 Å². The number of amides is 1. The summed E-state index contributed by atoms with van der Waals surface area (Å²) in [6.45, 7) is 1.93. The van der Waals surface area contributed by atoms with E-state index in [1.54, 1.807) is 26.4 Å². The van der Waals surface area contributed by atoms with Crippen LogP contribution in [-0.2, 0) is 11.2 Å². The SMILES string of the molecule is COCCCNc1ccc(C(=O)NCCc2ccccc2OC)nn1. The molecule has 25 heavy (non-hydrogen) atoms. The Hall–Kier alpha value is -2.67. The van der Waals surface area contributed by atoms with Gasteiger partial charge in [-0.3, -0.25) is 4.79 Å². The van der Waals surface area contributed by atoms with Gasteiger partial charge in [0.05, 0.1) is 7.11 Å². The number of anilines is 1. The second-order valence-electron chi connectivity index (χ2n) is 5.39. The molecule has 7 heteroatoms. The minimum atomic E-state index is -0.242. The van der Waals surface area contributed by atoms with E-state index in [2.05, 4.69) is 20.8 Å². The van der Waals surface area contributed by atoms with Gasteiger partial charge in [-0.2, -0.15) is 0 Å². The number of carbonyl (C=O) groups is 1. The lowest BCUT2D eigenvalue weighted by Crippen LogP contribution is -2.27. The number of aromatic nitrogens is 2. The average Bonchev–Trinajstić information content (AvgIpc) is 2.66. The number of rotatable bonds is 10. The molecule has 2 rings (SSSR count). The molecule has 1 aromatic heterocycles. The van der Waals surface area contributed by atoms with E-state index in [0.717, 1.165) is 24.3 Å². The Balaban J connectivity index is 1.78. The van der Waals surface area contributed by atoms with Crippen LogP contribution in [0.4, 0.5) is 5.82 Å². The number of methoxy groups -OCH3 is 2. The summed E-state index contributed by atoms with van der Waals surface area (Å²) < 4.78 is 10.3. The van der Waals surface area contributed by atoms with Crippen molar-refractivity contribution in [1.82, 2.24) is 15.5 Å². The number of nitrogens with one attached hydrogen (secondary N) is 2. The molecule has 0 aliphatic heterocycles. The third-order valence-electron chi connectivity index (χ3n) is 3.60. The smallest absolute Gasteiger partial charge is 0.271 e. The van der Waals surface area contributed by atoms with Crippen LogP contribution in [0.3, 0.4) is 0 Å². The van der Waals surface area contributed by atoms with Crippen LogP contribution in [0.5, 0.6) is 5.75 Å². The number of benzene rings is 1. The Labute approximate surface area is 147 Å². The fraction of sp³-hybridized carbons (Fsp3) is 0.389. The molecular formula is C18H24N4O3. The number of para-hydroxylation sites is 1. The van der Waals surface area contributed by atoms with E-state index >= 15 is 0 Å². The maximum Gasteiger partial charge on any atom is 0.271 e. The van der Waals surface area contributed by atoms with Gasteiger partial charge >= 0.3 is 0 Å². The Morgan fingerprint density at radius 1 is 1.08 bits per heavy atom. The number of ether oxygens (including phenoxy) is 2. The Morgan fingerprint density at radius 2 is 1.92 bits per heavy atom. The normalized spacial score (nSPS) is 10.3. The van der Waals surface area contributed by atoms with Crippen molar-refractivity contribution in [3.8, 4) is 5.75 Å². The quantitative estimate of drug-likeness (QED) is 0.641. The molecule has 2 aromatic rings. The predicted octanol–water partition coefficient (Wildman–Crippen LogP) is 1.91. The third-order valence-corrected chi connectivity index (χ3v) is 3.60. The number of hydrogen-bond acceptors (Lipinski definition) is 6. The number of hydrogen-bond donors (Lipinski definition) is 2. The summed E-state index contributed by atoms with van der Waals surface area (Å²) >= 11 is 0. The maximum atomic E-state index is 12.1. The zero-order chi connectivity index (χ0) is 17.9. The first-order valence-corrected chi connectivity index (χ1v) is 8.21. The van der Waals surface area contributed by atoms with Gasteiger partial charge in [0.25, 0.3) is 5.91 Å². The van der Waals surface area contributed by atoms with Crippen LogP contribution in [-0.4, -0.2) is 50.0 Å². The molecule has 0 fully saturated rings. The standard InChI is InChI=1S/C18H24N4O3/c1-24-13-5-11-19-17-9-8-15(21-22-17)18(23)20-12-10-14-6-3-4-7-16(14)25-2/h3-4,6-9H,5,10-13H2,1-2H3,(H,19,22)(H,20,23). The fourth-order valence-corrected chi connectivity index (χ4v) is 2.29. The van der Waals surface area contributed by atoms with Crippen molar-refractivity contribution in [2.24, 2.45) is 0 Å². The lowest BCUT2D eigenvalue weighted by atomic mass is 10.1.